The minimum absolute atomic E-state index is 0.189. The summed E-state index contributed by atoms with van der Waals surface area (Å²) in [6.07, 6.45) is 1.55. The van der Waals surface area contributed by atoms with E-state index in [9.17, 15) is 14.7 Å². The lowest BCUT2D eigenvalue weighted by atomic mass is 9.87. The summed E-state index contributed by atoms with van der Waals surface area (Å²) in [7, 11) is 0. The van der Waals surface area contributed by atoms with E-state index in [-0.39, 0.29) is 6.03 Å². The number of urea groups is 1. The summed E-state index contributed by atoms with van der Waals surface area (Å²) in [5.41, 5.74) is 1.53. The highest BCUT2D eigenvalue weighted by Crippen LogP contribution is 2.31. The Kier molecular flexibility index (Phi) is 9.36. The first-order valence-electron chi connectivity index (χ1n) is 14.1. The van der Waals surface area contributed by atoms with Crippen molar-refractivity contribution in [1.29, 1.82) is 0 Å². The number of aliphatic carboxylic acids is 1. The van der Waals surface area contributed by atoms with Crippen LogP contribution >= 0.6 is 0 Å². The van der Waals surface area contributed by atoms with Crippen molar-refractivity contribution in [3.8, 4) is 17.2 Å². The molecule has 1 unspecified atom stereocenters. The summed E-state index contributed by atoms with van der Waals surface area (Å²) in [6.45, 7) is 2.03. The molecular weight excluding hydrogens is 532 g/mol. The Balaban J connectivity index is 1.13. The standard InChI is InChI=1S/C34H34N2O6/c37-32(38)34(20-23-41-34)24-26-12-16-29(17-13-26)40-22-7-21-36(25-27-8-3-1-4-9-27)33(39)35-28-14-18-31(19-15-28)42-30-10-5-2-6-11-30/h1-6,8-19H,7,20-25H2,(H,35,39)(H,37,38)/p+1. The van der Waals surface area contributed by atoms with Gasteiger partial charge in [0.1, 0.15) is 11.5 Å². The second-order valence-electron chi connectivity index (χ2n) is 10.3. The number of carboxylic acid groups (broad SMARTS) is 1. The third kappa shape index (κ3) is 7.67. The SMILES string of the molecule is O=C(Nc1ccc(Oc2ccccc2)cc1)N(CCC[OH+]c1ccc(CC2(C(=O)O)CCO2)cc1)Cc1ccccc1. The van der Waals surface area contributed by atoms with Crippen LogP contribution in [-0.2, 0) is 22.5 Å². The average Bonchev–Trinajstić information content (AvgIpc) is 2.99. The van der Waals surface area contributed by atoms with Gasteiger partial charge < -0.3 is 29.5 Å². The summed E-state index contributed by atoms with van der Waals surface area (Å²) < 4.78 is 15.9. The molecule has 0 aliphatic carbocycles. The number of nitrogens with zero attached hydrogens (tertiary/aromatic N) is 1. The molecule has 42 heavy (non-hydrogen) atoms. The van der Waals surface area contributed by atoms with Crippen molar-refractivity contribution < 1.29 is 28.9 Å². The smallest absolute Gasteiger partial charge is 0.336 e. The molecule has 1 heterocycles. The van der Waals surface area contributed by atoms with Crippen LogP contribution in [0.25, 0.3) is 0 Å². The summed E-state index contributed by atoms with van der Waals surface area (Å²) in [5.74, 6) is 1.34. The second kappa shape index (κ2) is 13.7. The molecule has 5 rings (SSSR count). The molecule has 1 fully saturated rings. The summed E-state index contributed by atoms with van der Waals surface area (Å²) >= 11 is 0. The number of benzene rings is 4. The maximum atomic E-state index is 13.3. The lowest BCUT2D eigenvalue weighted by molar-refractivity contribution is -0.193. The zero-order chi connectivity index (χ0) is 29.2. The third-order valence-electron chi connectivity index (χ3n) is 7.17. The topological polar surface area (TPSA) is 101 Å². The fourth-order valence-electron chi connectivity index (χ4n) is 4.74. The van der Waals surface area contributed by atoms with Crippen LogP contribution in [0, 0.1) is 0 Å². The Morgan fingerprint density at radius 3 is 2.12 bits per heavy atom. The van der Waals surface area contributed by atoms with Gasteiger partial charge in [0.15, 0.2) is 12.2 Å². The number of rotatable bonds is 13. The quantitative estimate of drug-likeness (QED) is 0.140. The average molecular weight is 568 g/mol. The van der Waals surface area contributed by atoms with Gasteiger partial charge >= 0.3 is 12.0 Å². The molecule has 4 aromatic rings. The Bertz CT molecular complexity index is 1440. The molecule has 0 radical (unpaired) electrons. The van der Waals surface area contributed by atoms with Gasteiger partial charge in [-0.25, -0.2) is 9.59 Å². The molecule has 1 atom stereocenters. The monoisotopic (exact) mass is 567 g/mol. The molecule has 8 heteroatoms. The van der Waals surface area contributed by atoms with Gasteiger partial charge in [-0.15, -0.1) is 0 Å². The summed E-state index contributed by atoms with van der Waals surface area (Å²) in [4.78, 5) is 26.6. The van der Waals surface area contributed by atoms with Crippen LogP contribution in [-0.4, -0.2) is 52.1 Å². The summed E-state index contributed by atoms with van der Waals surface area (Å²) in [6, 6.07) is 34.1. The van der Waals surface area contributed by atoms with E-state index in [1.807, 2.05) is 109 Å². The molecular formula is C34H35N2O6+. The fourth-order valence-corrected chi connectivity index (χ4v) is 4.74. The van der Waals surface area contributed by atoms with E-state index in [0.29, 0.717) is 57.0 Å². The first-order valence-corrected chi connectivity index (χ1v) is 14.1. The first kappa shape index (κ1) is 28.7. The molecule has 0 saturated carbocycles. The Morgan fingerprint density at radius 2 is 1.50 bits per heavy atom. The predicted molar refractivity (Wildman–Crippen MR) is 161 cm³/mol. The molecule has 0 aromatic heterocycles. The summed E-state index contributed by atoms with van der Waals surface area (Å²) in [5, 5.41) is 12.5. The van der Waals surface area contributed by atoms with Crippen molar-refractivity contribution in [2.75, 3.05) is 25.1 Å². The Labute approximate surface area is 245 Å². The highest BCUT2D eigenvalue weighted by molar-refractivity contribution is 5.89. The van der Waals surface area contributed by atoms with Gasteiger partial charge in [-0.2, -0.15) is 0 Å². The van der Waals surface area contributed by atoms with Crippen LogP contribution in [0.1, 0.15) is 24.0 Å². The van der Waals surface area contributed by atoms with Crippen molar-refractivity contribution in [2.45, 2.75) is 31.4 Å². The number of hydrogen-bond acceptors (Lipinski definition) is 4. The van der Waals surface area contributed by atoms with Crippen molar-refractivity contribution >= 4 is 17.7 Å². The molecule has 1 saturated heterocycles. The van der Waals surface area contributed by atoms with Crippen molar-refractivity contribution in [1.82, 2.24) is 4.90 Å². The van der Waals surface area contributed by atoms with Crippen molar-refractivity contribution in [3.05, 3.63) is 120 Å². The van der Waals surface area contributed by atoms with Crippen LogP contribution in [0.5, 0.6) is 17.2 Å². The maximum Gasteiger partial charge on any atom is 0.336 e. The number of nitrogens with one attached hydrogen (secondary N) is 1. The lowest BCUT2D eigenvalue weighted by Gasteiger charge is -2.37. The van der Waals surface area contributed by atoms with E-state index in [1.165, 1.54) is 0 Å². The van der Waals surface area contributed by atoms with Crippen LogP contribution in [0.4, 0.5) is 10.5 Å². The van der Waals surface area contributed by atoms with Gasteiger partial charge in [-0.1, -0.05) is 48.5 Å². The van der Waals surface area contributed by atoms with Crippen LogP contribution in [0.2, 0.25) is 0 Å². The zero-order valence-electron chi connectivity index (χ0n) is 23.3. The first-order chi connectivity index (χ1) is 20.5. The molecule has 4 aromatic carbocycles. The number of carbonyl (C=O) groups is 2. The number of hydrogen-bond donors (Lipinski definition) is 2. The number of carboxylic acids is 1. The number of ether oxygens (including phenoxy) is 3. The Hall–Kier alpha value is -4.82. The largest absolute Gasteiger partial charge is 0.583 e. The zero-order valence-corrected chi connectivity index (χ0v) is 23.3. The van der Waals surface area contributed by atoms with E-state index in [2.05, 4.69) is 10.1 Å². The molecule has 3 N–H and O–H groups in total. The highest BCUT2D eigenvalue weighted by Gasteiger charge is 2.46. The molecule has 1 aliphatic heterocycles. The molecule has 2 amide bonds. The van der Waals surface area contributed by atoms with Gasteiger partial charge in [-0.05, 0) is 59.7 Å². The number of aliphatic hydroxyl groups is 1. The van der Waals surface area contributed by atoms with Gasteiger partial charge in [0.25, 0.3) is 5.75 Å². The van der Waals surface area contributed by atoms with E-state index in [4.69, 9.17) is 9.47 Å². The number of carbonyl (C=O) groups excluding carboxylic acids is 1. The van der Waals surface area contributed by atoms with Gasteiger partial charge in [0, 0.05) is 50.2 Å². The molecule has 8 nitrogen and oxygen atoms in total. The number of para-hydroxylation sites is 1. The van der Waals surface area contributed by atoms with E-state index >= 15 is 0 Å². The molecule has 216 valence electrons. The van der Waals surface area contributed by atoms with E-state index in [0.717, 1.165) is 22.6 Å². The van der Waals surface area contributed by atoms with Crippen molar-refractivity contribution in [2.24, 2.45) is 0 Å². The number of aromatic hydroxyl groups is 1. The number of amides is 2. The minimum Gasteiger partial charge on any atom is -0.583 e. The minimum atomic E-state index is -1.10. The second-order valence-corrected chi connectivity index (χ2v) is 10.3. The van der Waals surface area contributed by atoms with Crippen LogP contribution in [0.15, 0.2) is 109 Å². The van der Waals surface area contributed by atoms with Crippen LogP contribution in [0.3, 0.4) is 0 Å². The van der Waals surface area contributed by atoms with Crippen LogP contribution < -0.4 is 10.1 Å². The predicted octanol–water partition coefficient (Wildman–Crippen LogP) is 6.63. The maximum absolute atomic E-state index is 13.3. The Morgan fingerprint density at radius 1 is 0.857 bits per heavy atom. The van der Waals surface area contributed by atoms with E-state index in [1.54, 1.807) is 4.90 Å². The van der Waals surface area contributed by atoms with Crippen molar-refractivity contribution in [3.63, 3.8) is 0 Å². The fraction of sp³-hybridized carbons (Fsp3) is 0.235. The highest BCUT2D eigenvalue weighted by atomic mass is 16.5. The molecule has 0 bridgehead atoms. The molecule has 0 spiro atoms. The number of anilines is 1. The van der Waals surface area contributed by atoms with Gasteiger partial charge in [-0.3, -0.25) is 0 Å². The molecule has 1 aliphatic rings. The normalized spacial score (nSPS) is 15.7. The van der Waals surface area contributed by atoms with Gasteiger partial charge in [0.05, 0.1) is 6.61 Å². The van der Waals surface area contributed by atoms with Gasteiger partial charge in [0.2, 0.25) is 0 Å². The third-order valence-corrected chi connectivity index (χ3v) is 7.17. The lowest BCUT2D eigenvalue weighted by Crippen LogP contribution is -2.52. The van der Waals surface area contributed by atoms with E-state index < -0.39 is 11.6 Å².